The molecule has 0 aromatic carbocycles. The predicted molar refractivity (Wildman–Crippen MR) is 38.4 cm³/mol. The van der Waals surface area contributed by atoms with Crippen LogP contribution < -0.4 is 5.32 Å². The summed E-state index contributed by atoms with van der Waals surface area (Å²) < 4.78 is 37.5. The highest BCUT2D eigenvalue weighted by Crippen LogP contribution is 2.16. The van der Waals surface area contributed by atoms with E-state index < -0.39 is 29.3 Å². The Balaban J connectivity index is 3.12. The van der Waals surface area contributed by atoms with E-state index in [9.17, 15) is 18.0 Å². The molecule has 70 valence electrons. The van der Waals surface area contributed by atoms with Crippen LogP contribution in [0.4, 0.5) is 18.9 Å². The van der Waals surface area contributed by atoms with Gasteiger partial charge >= 0.3 is 0 Å². The van der Waals surface area contributed by atoms with Crippen LogP contribution in [0.1, 0.15) is 6.92 Å². The van der Waals surface area contributed by atoms with E-state index in [0.29, 0.717) is 6.07 Å². The largest absolute Gasteiger partial charge is 0.324 e. The SMILES string of the molecule is CC(=O)Nc1cc(F)nc(F)c1F. The minimum atomic E-state index is -1.58. The lowest BCUT2D eigenvalue weighted by Gasteiger charge is -2.03. The predicted octanol–water partition coefficient (Wildman–Crippen LogP) is 1.46. The molecule has 3 nitrogen and oxygen atoms in total. The smallest absolute Gasteiger partial charge is 0.253 e. The van der Waals surface area contributed by atoms with Crippen LogP contribution in [-0.2, 0) is 4.79 Å². The van der Waals surface area contributed by atoms with E-state index in [1.54, 1.807) is 0 Å². The number of carbonyl (C=O) groups excluding carboxylic acids is 1. The van der Waals surface area contributed by atoms with Gasteiger partial charge in [-0.25, -0.2) is 0 Å². The molecule has 1 aromatic rings. The van der Waals surface area contributed by atoms with Crippen LogP contribution in [0.2, 0.25) is 0 Å². The summed E-state index contributed by atoms with van der Waals surface area (Å²) in [5.74, 6) is -4.77. The van der Waals surface area contributed by atoms with Crippen molar-refractivity contribution >= 4 is 11.6 Å². The first kappa shape index (κ1) is 9.50. The molecule has 6 heteroatoms. The molecule has 1 amide bonds. The molecule has 0 radical (unpaired) electrons. The molecular weight excluding hydrogens is 185 g/mol. The number of hydrogen-bond donors (Lipinski definition) is 1. The Bertz CT molecular complexity index is 354. The lowest BCUT2D eigenvalue weighted by Crippen LogP contribution is -2.10. The van der Waals surface area contributed by atoms with Crippen LogP contribution in [0.15, 0.2) is 6.07 Å². The second-order valence-electron chi connectivity index (χ2n) is 2.28. The van der Waals surface area contributed by atoms with Crippen molar-refractivity contribution in [1.82, 2.24) is 4.98 Å². The van der Waals surface area contributed by atoms with E-state index in [1.165, 1.54) is 0 Å². The minimum absolute atomic E-state index is 0.558. The van der Waals surface area contributed by atoms with E-state index in [2.05, 4.69) is 4.98 Å². The molecule has 0 fully saturated rings. The molecule has 0 aliphatic rings. The van der Waals surface area contributed by atoms with Gasteiger partial charge in [0.25, 0.3) is 5.95 Å². The zero-order valence-electron chi connectivity index (χ0n) is 6.57. The standard InChI is InChI=1S/C7H5F3N2O/c1-3(13)11-4-2-5(8)12-7(10)6(4)9/h2H,1H3,(H,11,12,13). The number of pyridine rings is 1. The summed E-state index contributed by atoms with van der Waals surface area (Å²) in [5, 5.41) is 1.92. The molecule has 0 aliphatic heterocycles. The Morgan fingerprint density at radius 1 is 1.46 bits per heavy atom. The summed E-state index contributed by atoms with van der Waals surface area (Å²) in [4.78, 5) is 13.0. The van der Waals surface area contributed by atoms with Crippen LogP contribution in [0.5, 0.6) is 0 Å². The first-order chi connectivity index (χ1) is 6.00. The van der Waals surface area contributed by atoms with Gasteiger partial charge in [0.1, 0.15) is 0 Å². The average Bonchev–Trinajstić information content (AvgIpc) is 1.98. The highest BCUT2D eigenvalue weighted by Gasteiger charge is 2.12. The van der Waals surface area contributed by atoms with Crippen molar-refractivity contribution in [2.75, 3.05) is 5.32 Å². The van der Waals surface area contributed by atoms with E-state index in [0.717, 1.165) is 6.92 Å². The second-order valence-corrected chi connectivity index (χ2v) is 2.28. The Kier molecular flexibility index (Phi) is 2.50. The van der Waals surface area contributed by atoms with E-state index >= 15 is 0 Å². The van der Waals surface area contributed by atoms with Gasteiger partial charge in [-0.2, -0.15) is 18.2 Å². The molecule has 0 atom stereocenters. The van der Waals surface area contributed by atoms with Crippen molar-refractivity contribution in [2.45, 2.75) is 6.92 Å². The van der Waals surface area contributed by atoms with Gasteiger partial charge < -0.3 is 5.32 Å². The Morgan fingerprint density at radius 2 is 2.08 bits per heavy atom. The fourth-order valence-electron chi connectivity index (χ4n) is 0.749. The molecule has 0 saturated heterocycles. The van der Waals surface area contributed by atoms with Crippen molar-refractivity contribution in [3.8, 4) is 0 Å². The number of rotatable bonds is 1. The highest BCUT2D eigenvalue weighted by molar-refractivity contribution is 5.88. The second kappa shape index (κ2) is 3.42. The monoisotopic (exact) mass is 190 g/mol. The lowest BCUT2D eigenvalue weighted by atomic mass is 10.3. The fourth-order valence-corrected chi connectivity index (χ4v) is 0.749. The van der Waals surface area contributed by atoms with Crippen molar-refractivity contribution in [3.63, 3.8) is 0 Å². The number of amides is 1. The van der Waals surface area contributed by atoms with Gasteiger partial charge in [-0.3, -0.25) is 4.79 Å². The van der Waals surface area contributed by atoms with Crippen molar-refractivity contribution in [1.29, 1.82) is 0 Å². The van der Waals surface area contributed by atoms with Crippen LogP contribution in [0.3, 0.4) is 0 Å². The van der Waals surface area contributed by atoms with Gasteiger partial charge in [0.2, 0.25) is 17.7 Å². The lowest BCUT2D eigenvalue weighted by molar-refractivity contribution is -0.114. The summed E-state index contributed by atoms with van der Waals surface area (Å²) in [7, 11) is 0. The van der Waals surface area contributed by atoms with Crippen LogP contribution in [0.25, 0.3) is 0 Å². The van der Waals surface area contributed by atoms with Gasteiger partial charge in [-0.05, 0) is 0 Å². The topological polar surface area (TPSA) is 42.0 Å². The third-order valence-corrected chi connectivity index (χ3v) is 1.20. The number of nitrogens with zero attached hydrogens (tertiary/aromatic N) is 1. The molecular formula is C7H5F3N2O. The quantitative estimate of drug-likeness (QED) is 0.681. The van der Waals surface area contributed by atoms with Crippen LogP contribution >= 0.6 is 0 Å². The van der Waals surface area contributed by atoms with Crippen LogP contribution in [-0.4, -0.2) is 10.9 Å². The number of hydrogen-bond acceptors (Lipinski definition) is 2. The average molecular weight is 190 g/mol. The van der Waals surface area contributed by atoms with Gasteiger partial charge in [0, 0.05) is 13.0 Å². The maximum atomic E-state index is 12.7. The zero-order chi connectivity index (χ0) is 10.0. The highest BCUT2D eigenvalue weighted by atomic mass is 19.2. The number of halogens is 3. The Hall–Kier alpha value is -1.59. The molecule has 1 heterocycles. The summed E-state index contributed by atoms with van der Waals surface area (Å²) in [6.45, 7) is 1.09. The first-order valence-electron chi connectivity index (χ1n) is 3.30. The summed E-state index contributed by atoms with van der Waals surface area (Å²) in [5.41, 5.74) is -0.558. The summed E-state index contributed by atoms with van der Waals surface area (Å²) in [6.07, 6.45) is 0. The third-order valence-electron chi connectivity index (χ3n) is 1.20. The maximum absolute atomic E-state index is 12.7. The molecule has 0 spiro atoms. The van der Waals surface area contributed by atoms with Gasteiger partial charge in [-0.15, -0.1) is 0 Å². The molecule has 0 unspecified atom stereocenters. The van der Waals surface area contributed by atoms with Crippen molar-refractivity contribution in [2.24, 2.45) is 0 Å². The molecule has 1 N–H and O–H groups in total. The number of nitrogens with one attached hydrogen (secondary N) is 1. The molecule has 13 heavy (non-hydrogen) atoms. The van der Waals surface area contributed by atoms with E-state index in [-0.39, 0.29) is 0 Å². The molecule has 1 aromatic heterocycles. The molecule has 0 aliphatic carbocycles. The molecule has 0 saturated carbocycles. The van der Waals surface area contributed by atoms with Crippen molar-refractivity contribution in [3.05, 3.63) is 23.8 Å². The zero-order valence-corrected chi connectivity index (χ0v) is 6.57. The maximum Gasteiger partial charge on any atom is 0.253 e. The summed E-state index contributed by atoms with van der Waals surface area (Å²) >= 11 is 0. The fraction of sp³-hybridized carbons (Fsp3) is 0.143. The van der Waals surface area contributed by atoms with Gasteiger partial charge in [-0.1, -0.05) is 0 Å². The van der Waals surface area contributed by atoms with E-state index in [1.807, 2.05) is 5.32 Å². The Morgan fingerprint density at radius 3 is 2.62 bits per heavy atom. The Labute approximate surface area is 71.6 Å². The van der Waals surface area contributed by atoms with Crippen LogP contribution in [0, 0.1) is 17.7 Å². The van der Waals surface area contributed by atoms with Gasteiger partial charge in [0.05, 0.1) is 5.69 Å². The first-order valence-corrected chi connectivity index (χ1v) is 3.30. The normalized spacial score (nSPS) is 9.85. The third kappa shape index (κ3) is 2.17. The molecule has 1 rings (SSSR count). The molecule has 0 bridgehead atoms. The minimum Gasteiger partial charge on any atom is -0.324 e. The number of anilines is 1. The van der Waals surface area contributed by atoms with Crippen molar-refractivity contribution < 1.29 is 18.0 Å². The number of aromatic nitrogens is 1. The summed E-state index contributed by atoms with van der Waals surface area (Å²) in [6, 6.07) is 0.597. The number of carbonyl (C=O) groups is 1. The van der Waals surface area contributed by atoms with E-state index in [4.69, 9.17) is 0 Å². The van der Waals surface area contributed by atoms with Gasteiger partial charge in [0.15, 0.2) is 0 Å².